The molecular weight excluding hydrogens is 294 g/mol. The number of oxazole rings is 1. The molecule has 21 heavy (non-hydrogen) atoms. The lowest BCUT2D eigenvalue weighted by Crippen LogP contribution is -2.14. The highest BCUT2D eigenvalue weighted by Gasteiger charge is 2.19. The molecule has 0 fully saturated rings. The highest BCUT2D eigenvalue weighted by molar-refractivity contribution is 7.92. The number of H-pyrrole nitrogens is 1. The Kier molecular flexibility index (Phi) is 3.02. The van der Waals surface area contributed by atoms with Gasteiger partial charge in [-0.3, -0.25) is 14.7 Å². The van der Waals surface area contributed by atoms with Crippen molar-refractivity contribution >= 4 is 26.8 Å². The Morgan fingerprint density at radius 3 is 2.86 bits per heavy atom. The second-order valence-corrected chi connectivity index (χ2v) is 6.13. The third kappa shape index (κ3) is 2.52. The molecular formula is C13H11N3O4S. The number of sulfonamides is 1. The zero-order valence-electron chi connectivity index (χ0n) is 11.0. The summed E-state index contributed by atoms with van der Waals surface area (Å²) >= 11 is 0. The first-order valence-corrected chi connectivity index (χ1v) is 7.50. The van der Waals surface area contributed by atoms with Crippen LogP contribution in [0.15, 0.2) is 50.8 Å². The maximum absolute atomic E-state index is 12.4. The number of rotatable bonds is 3. The number of nitrogens with zero attached hydrogens (tertiary/aromatic N) is 1. The zero-order valence-corrected chi connectivity index (χ0v) is 11.8. The second kappa shape index (κ2) is 4.74. The van der Waals surface area contributed by atoms with Crippen LogP contribution in [-0.4, -0.2) is 18.4 Å². The van der Waals surface area contributed by atoms with Gasteiger partial charge in [-0.1, -0.05) is 0 Å². The first kappa shape index (κ1) is 13.4. The molecule has 2 N–H and O–H groups in total. The molecule has 0 atom stereocenters. The van der Waals surface area contributed by atoms with Crippen molar-refractivity contribution in [1.29, 1.82) is 0 Å². The van der Waals surface area contributed by atoms with Gasteiger partial charge in [0.15, 0.2) is 5.58 Å². The molecule has 7 nitrogen and oxygen atoms in total. The van der Waals surface area contributed by atoms with Gasteiger partial charge in [-0.2, -0.15) is 0 Å². The third-order valence-corrected chi connectivity index (χ3v) is 4.44. The van der Waals surface area contributed by atoms with E-state index in [0.29, 0.717) is 16.8 Å². The Labute approximate surface area is 119 Å². The number of fused-ring (bicyclic) bond motifs is 1. The number of nitrogens with one attached hydrogen (secondary N) is 2. The molecule has 0 amide bonds. The standard InChI is InChI=1S/C13H11N3O4S/c1-8-5-10-11(20-13(17)15-10)6-12(8)21(18,19)16-9-3-2-4-14-7-9/h2-7,16H,1H3,(H,15,17). The van der Waals surface area contributed by atoms with Gasteiger partial charge in [0.25, 0.3) is 10.0 Å². The largest absolute Gasteiger partial charge is 0.417 e. The van der Waals surface area contributed by atoms with Crippen molar-refractivity contribution in [3.05, 3.63) is 52.8 Å². The fraction of sp³-hybridized carbons (Fsp3) is 0.0769. The highest BCUT2D eigenvalue weighted by atomic mass is 32.2. The van der Waals surface area contributed by atoms with E-state index in [1.54, 1.807) is 31.3 Å². The molecule has 1 aromatic carbocycles. The van der Waals surface area contributed by atoms with Gasteiger partial charge in [0.05, 0.1) is 22.3 Å². The summed E-state index contributed by atoms with van der Waals surface area (Å²) < 4.78 is 32.1. The zero-order chi connectivity index (χ0) is 15.0. The van der Waals surface area contributed by atoms with E-state index in [0.717, 1.165) is 0 Å². The van der Waals surface area contributed by atoms with Crippen LogP contribution in [0.1, 0.15) is 5.56 Å². The van der Waals surface area contributed by atoms with Gasteiger partial charge >= 0.3 is 5.76 Å². The van der Waals surface area contributed by atoms with Crippen molar-refractivity contribution in [3.8, 4) is 0 Å². The van der Waals surface area contributed by atoms with E-state index < -0.39 is 15.8 Å². The maximum atomic E-state index is 12.4. The molecule has 0 unspecified atom stereocenters. The summed E-state index contributed by atoms with van der Waals surface area (Å²) in [5.74, 6) is -0.626. The van der Waals surface area contributed by atoms with Crippen molar-refractivity contribution in [1.82, 2.24) is 9.97 Å². The predicted molar refractivity (Wildman–Crippen MR) is 76.6 cm³/mol. The summed E-state index contributed by atoms with van der Waals surface area (Å²) in [6.45, 7) is 1.64. The van der Waals surface area contributed by atoms with Crippen LogP contribution in [0.2, 0.25) is 0 Å². The van der Waals surface area contributed by atoms with Gasteiger partial charge in [-0.05, 0) is 30.7 Å². The highest BCUT2D eigenvalue weighted by Crippen LogP contribution is 2.23. The summed E-state index contributed by atoms with van der Waals surface area (Å²) in [5, 5.41) is 0. The Morgan fingerprint density at radius 2 is 2.14 bits per heavy atom. The Morgan fingerprint density at radius 1 is 1.33 bits per heavy atom. The number of pyridine rings is 1. The predicted octanol–water partition coefficient (Wildman–Crippen LogP) is 1.63. The molecule has 3 rings (SSSR count). The van der Waals surface area contributed by atoms with Crippen molar-refractivity contribution in [3.63, 3.8) is 0 Å². The summed E-state index contributed by atoms with van der Waals surface area (Å²) in [5.41, 5.74) is 1.50. The molecule has 2 aromatic heterocycles. The molecule has 8 heteroatoms. The van der Waals surface area contributed by atoms with Gasteiger partial charge in [-0.15, -0.1) is 0 Å². The van der Waals surface area contributed by atoms with Crippen LogP contribution < -0.4 is 10.5 Å². The summed E-state index contributed by atoms with van der Waals surface area (Å²) in [4.78, 5) is 17.5. The molecule has 0 aliphatic carbocycles. The van der Waals surface area contributed by atoms with Gasteiger partial charge in [0.1, 0.15) is 0 Å². The summed E-state index contributed by atoms with van der Waals surface area (Å²) in [7, 11) is -3.79. The molecule has 0 saturated carbocycles. The van der Waals surface area contributed by atoms with Crippen LogP contribution in [0.4, 0.5) is 5.69 Å². The molecule has 0 bridgehead atoms. The van der Waals surface area contributed by atoms with E-state index in [-0.39, 0.29) is 10.5 Å². The summed E-state index contributed by atoms with van der Waals surface area (Å²) in [6, 6.07) is 6.09. The summed E-state index contributed by atoms with van der Waals surface area (Å²) in [6.07, 6.45) is 2.95. The monoisotopic (exact) mass is 305 g/mol. The number of aryl methyl sites for hydroxylation is 1. The molecule has 108 valence electrons. The average molecular weight is 305 g/mol. The van der Waals surface area contributed by atoms with Crippen molar-refractivity contribution in [2.45, 2.75) is 11.8 Å². The lowest BCUT2D eigenvalue weighted by Gasteiger charge is -2.09. The van der Waals surface area contributed by atoms with Crippen LogP contribution in [0.3, 0.4) is 0 Å². The van der Waals surface area contributed by atoms with E-state index >= 15 is 0 Å². The lowest BCUT2D eigenvalue weighted by molar-refractivity contribution is 0.554. The number of hydrogen-bond acceptors (Lipinski definition) is 5. The van der Waals surface area contributed by atoms with Gasteiger partial charge in [-0.25, -0.2) is 13.2 Å². The van der Waals surface area contributed by atoms with E-state index in [9.17, 15) is 13.2 Å². The van der Waals surface area contributed by atoms with Gasteiger partial charge < -0.3 is 4.42 Å². The molecule has 0 aliphatic heterocycles. The molecule has 0 radical (unpaired) electrons. The van der Waals surface area contributed by atoms with Crippen LogP contribution in [0.5, 0.6) is 0 Å². The topological polar surface area (TPSA) is 105 Å². The van der Waals surface area contributed by atoms with E-state index in [4.69, 9.17) is 4.42 Å². The SMILES string of the molecule is Cc1cc2[nH]c(=O)oc2cc1S(=O)(=O)Nc1cccnc1. The van der Waals surface area contributed by atoms with Crippen LogP contribution in [-0.2, 0) is 10.0 Å². The van der Waals surface area contributed by atoms with Crippen molar-refractivity contribution < 1.29 is 12.8 Å². The third-order valence-electron chi connectivity index (χ3n) is 2.92. The molecule has 3 aromatic rings. The van der Waals surface area contributed by atoms with Crippen LogP contribution in [0.25, 0.3) is 11.1 Å². The van der Waals surface area contributed by atoms with Crippen molar-refractivity contribution in [2.75, 3.05) is 4.72 Å². The number of hydrogen-bond donors (Lipinski definition) is 2. The average Bonchev–Trinajstić information content (AvgIpc) is 2.77. The minimum Gasteiger partial charge on any atom is -0.408 e. The lowest BCUT2D eigenvalue weighted by atomic mass is 10.2. The van der Waals surface area contributed by atoms with Gasteiger partial charge in [0, 0.05) is 12.3 Å². The fourth-order valence-electron chi connectivity index (χ4n) is 2.01. The maximum Gasteiger partial charge on any atom is 0.417 e. The Balaban J connectivity index is 2.10. The van der Waals surface area contributed by atoms with Gasteiger partial charge in [0.2, 0.25) is 0 Å². The first-order valence-electron chi connectivity index (χ1n) is 6.02. The number of aromatic amines is 1. The Bertz CT molecular complexity index is 958. The molecule has 0 saturated heterocycles. The van der Waals surface area contributed by atoms with Crippen molar-refractivity contribution in [2.24, 2.45) is 0 Å². The van der Waals surface area contributed by atoms with E-state index in [1.807, 2.05) is 0 Å². The number of anilines is 1. The van der Waals surface area contributed by atoms with E-state index in [1.165, 1.54) is 12.3 Å². The second-order valence-electron chi connectivity index (χ2n) is 4.48. The molecule has 0 spiro atoms. The first-order chi connectivity index (χ1) is 9.95. The quantitative estimate of drug-likeness (QED) is 0.765. The Hall–Kier alpha value is -2.61. The fourth-order valence-corrected chi connectivity index (χ4v) is 3.30. The van der Waals surface area contributed by atoms with Crippen LogP contribution in [0, 0.1) is 6.92 Å². The number of aromatic nitrogens is 2. The molecule has 0 aliphatic rings. The minimum atomic E-state index is -3.79. The van der Waals surface area contributed by atoms with Crippen LogP contribution >= 0.6 is 0 Å². The molecule has 2 heterocycles. The number of benzene rings is 1. The smallest absolute Gasteiger partial charge is 0.408 e. The minimum absolute atomic E-state index is 0.0432. The normalized spacial score (nSPS) is 11.7. The van der Waals surface area contributed by atoms with E-state index in [2.05, 4.69) is 14.7 Å².